The lowest BCUT2D eigenvalue weighted by molar-refractivity contribution is -0.137. The third-order valence-electron chi connectivity index (χ3n) is 7.17. The molecule has 3 aliphatic rings. The quantitative estimate of drug-likeness (QED) is 0.356. The molecule has 0 radical (unpaired) electrons. The van der Waals surface area contributed by atoms with Crippen molar-refractivity contribution in [3.63, 3.8) is 0 Å². The second-order valence-corrected chi connectivity index (χ2v) is 10.8. The van der Waals surface area contributed by atoms with Gasteiger partial charge in [0.05, 0.1) is 5.75 Å². The van der Waals surface area contributed by atoms with E-state index in [-0.39, 0.29) is 35.4 Å². The number of carbonyl (C=O) groups excluding carboxylic acids is 3. The molecule has 9 nitrogen and oxygen atoms in total. The first kappa shape index (κ1) is 25.0. The first-order valence-electron chi connectivity index (χ1n) is 12.1. The van der Waals surface area contributed by atoms with Crippen LogP contribution in [0.3, 0.4) is 0 Å². The summed E-state index contributed by atoms with van der Waals surface area (Å²) in [6, 6.07) is 1.83. The number of halogens is 1. The Bertz CT molecular complexity index is 920. The first-order valence-corrected chi connectivity index (χ1v) is 13.5. The van der Waals surface area contributed by atoms with Gasteiger partial charge in [-0.25, -0.2) is 9.97 Å². The Balaban J connectivity index is 1.32. The summed E-state index contributed by atoms with van der Waals surface area (Å²) < 4.78 is 0. The highest BCUT2D eigenvalue weighted by atomic mass is 35.5. The maximum atomic E-state index is 12.9. The maximum absolute atomic E-state index is 12.9. The van der Waals surface area contributed by atoms with Crippen LogP contribution in [0.1, 0.15) is 45.4 Å². The van der Waals surface area contributed by atoms with Gasteiger partial charge < -0.3 is 20.4 Å². The van der Waals surface area contributed by atoms with E-state index in [4.69, 9.17) is 17.3 Å². The number of nitrogens with two attached hydrogens (primary N) is 1. The molecule has 0 spiro atoms. The van der Waals surface area contributed by atoms with Crippen molar-refractivity contribution in [3.05, 3.63) is 11.2 Å². The Kier molecular flexibility index (Phi) is 8.18. The number of piperidine rings is 1. The van der Waals surface area contributed by atoms with Gasteiger partial charge in [0.25, 0.3) is 0 Å². The molecule has 1 aromatic rings. The molecule has 3 heterocycles. The number of amides is 3. The van der Waals surface area contributed by atoms with Crippen molar-refractivity contribution in [1.82, 2.24) is 19.8 Å². The third-order valence-corrected chi connectivity index (χ3v) is 8.20. The molecule has 3 amide bonds. The highest BCUT2D eigenvalue weighted by Crippen LogP contribution is 2.29. The summed E-state index contributed by atoms with van der Waals surface area (Å²) in [6.45, 7) is 5.20. The van der Waals surface area contributed by atoms with Gasteiger partial charge in [-0.3, -0.25) is 14.4 Å². The summed E-state index contributed by atoms with van der Waals surface area (Å²) >= 11 is 7.55. The largest absolute Gasteiger partial charge is 0.369 e. The van der Waals surface area contributed by atoms with Crippen molar-refractivity contribution in [2.45, 2.75) is 56.6 Å². The molecule has 0 bridgehead atoms. The molecule has 3 fully saturated rings. The Morgan fingerprint density at radius 3 is 2.41 bits per heavy atom. The topological polar surface area (TPSA) is 113 Å². The molecule has 1 aliphatic carbocycles. The van der Waals surface area contributed by atoms with Gasteiger partial charge >= 0.3 is 0 Å². The zero-order valence-electron chi connectivity index (χ0n) is 19.6. The minimum atomic E-state index is -0.292. The lowest BCUT2D eigenvalue weighted by atomic mass is 9.96. The molecule has 2 aliphatic heterocycles. The lowest BCUT2D eigenvalue weighted by Gasteiger charge is -2.41. The summed E-state index contributed by atoms with van der Waals surface area (Å²) in [6.07, 6.45) is 5.54. The van der Waals surface area contributed by atoms with Gasteiger partial charge in [-0.1, -0.05) is 36.2 Å². The van der Waals surface area contributed by atoms with Gasteiger partial charge in [-0.15, -0.1) is 0 Å². The Morgan fingerprint density at radius 2 is 1.76 bits per heavy atom. The molecular formula is C23H33ClN6O3S. The van der Waals surface area contributed by atoms with E-state index in [1.54, 1.807) is 11.0 Å². The molecule has 1 atom stereocenters. The standard InChI is InChI=1S/C23H33ClN6O3S/c1-15-13-29(10-11-30(15)22(33)17-4-2-3-5-17)19-12-18(24)26-23(27-19)34-14-20(31)28-8-6-16(7-9-28)21(25)32/h12,15-17H,2-11,13-14H2,1H3,(H2,25,32). The molecule has 1 unspecified atom stereocenters. The molecular weight excluding hydrogens is 476 g/mol. The number of thioether (sulfide) groups is 1. The normalized spacial score (nSPS) is 22.3. The fourth-order valence-electron chi connectivity index (χ4n) is 5.14. The number of likely N-dealkylation sites (tertiary alicyclic amines) is 1. The van der Waals surface area contributed by atoms with Gasteiger partial charge in [0, 0.05) is 56.7 Å². The van der Waals surface area contributed by atoms with Crippen LogP contribution in [0.25, 0.3) is 0 Å². The van der Waals surface area contributed by atoms with E-state index in [0.717, 1.165) is 31.5 Å². The smallest absolute Gasteiger partial charge is 0.233 e. The zero-order valence-corrected chi connectivity index (χ0v) is 21.2. The summed E-state index contributed by atoms with van der Waals surface area (Å²) in [4.78, 5) is 51.7. The highest BCUT2D eigenvalue weighted by molar-refractivity contribution is 7.99. The Labute approximate surface area is 209 Å². The van der Waals surface area contributed by atoms with Gasteiger partial charge in [0.2, 0.25) is 17.7 Å². The van der Waals surface area contributed by atoms with E-state index in [1.807, 2.05) is 4.90 Å². The number of primary amides is 1. The SMILES string of the molecule is CC1CN(c2cc(Cl)nc(SCC(=O)N3CCC(C(N)=O)CC3)n2)CCN1C(=O)C1CCCC1. The number of carbonyl (C=O) groups is 3. The summed E-state index contributed by atoms with van der Waals surface area (Å²) in [7, 11) is 0. The molecule has 0 aromatic carbocycles. The molecule has 186 valence electrons. The number of piperazine rings is 1. The average Bonchev–Trinajstić information content (AvgIpc) is 3.37. The van der Waals surface area contributed by atoms with Crippen LogP contribution in [0.5, 0.6) is 0 Å². The van der Waals surface area contributed by atoms with Gasteiger partial charge in [-0.2, -0.15) is 0 Å². The number of hydrogen-bond donors (Lipinski definition) is 1. The van der Waals surface area contributed by atoms with E-state index in [1.165, 1.54) is 11.8 Å². The van der Waals surface area contributed by atoms with Crippen molar-refractivity contribution < 1.29 is 14.4 Å². The fourth-order valence-corrected chi connectivity index (χ4v) is 6.13. The van der Waals surface area contributed by atoms with Gasteiger partial charge in [0.15, 0.2) is 5.16 Å². The van der Waals surface area contributed by atoms with E-state index in [9.17, 15) is 14.4 Å². The van der Waals surface area contributed by atoms with Gasteiger partial charge in [-0.05, 0) is 32.6 Å². The van der Waals surface area contributed by atoms with Crippen LogP contribution in [0.2, 0.25) is 5.15 Å². The van der Waals surface area contributed by atoms with E-state index in [0.29, 0.717) is 61.8 Å². The second kappa shape index (κ2) is 11.1. The van der Waals surface area contributed by atoms with Crippen LogP contribution in [-0.2, 0) is 14.4 Å². The second-order valence-electron chi connectivity index (χ2n) is 9.49. The van der Waals surface area contributed by atoms with Crippen LogP contribution in [-0.4, -0.2) is 82.0 Å². The molecule has 1 saturated carbocycles. The van der Waals surface area contributed by atoms with Crippen molar-refractivity contribution >= 4 is 46.9 Å². The number of rotatable bonds is 6. The third kappa shape index (κ3) is 5.94. The predicted octanol–water partition coefficient (Wildman–Crippen LogP) is 2.17. The first-order chi connectivity index (χ1) is 16.3. The van der Waals surface area contributed by atoms with Crippen molar-refractivity contribution in [1.29, 1.82) is 0 Å². The fraction of sp³-hybridized carbons (Fsp3) is 0.696. The number of anilines is 1. The van der Waals surface area contributed by atoms with E-state index < -0.39 is 0 Å². The van der Waals surface area contributed by atoms with E-state index in [2.05, 4.69) is 21.8 Å². The molecule has 2 N–H and O–H groups in total. The number of nitrogens with zero attached hydrogens (tertiary/aromatic N) is 5. The molecule has 1 aromatic heterocycles. The molecule has 2 saturated heterocycles. The predicted molar refractivity (Wildman–Crippen MR) is 132 cm³/mol. The van der Waals surface area contributed by atoms with Crippen LogP contribution >= 0.6 is 23.4 Å². The summed E-state index contributed by atoms with van der Waals surface area (Å²) in [5.74, 6) is 0.958. The number of aromatic nitrogens is 2. The molecule has 34 heavy (non-hydrogen) atoms. The lowest BCUT2D eigenvalue weighted by Crippen LogP contribution is -2.55. The van der Waals surface area contributed by atoms with Crippen LogP contribution in [0.4, 0.5) is 5.82 Å². The van der Waals surface area contributed by atoms with Crippen LogP contribution in [0.15, 0.2) is 11.2 Å². The Hall–Kier alpha value is -2.07. The Morgan fingerprint density at radius 1 is 1.06 bits per heavy atom. The minimum absolute atomic E-state index is 0.00860. The van der Waals surface area contributed by atoms with Crippen LogP contribution in [0, 0.1) is 11.8 Å². The highest BCUT2D eigenvalue weighted by Gasteiger charge is 2.33. The maximum Gasteiger partial charge on any atom is 0.233 e. The minimum Gasteiger partial charge on any atom is -0.369 e. The summed E-state index contributed by atoms with van der Waals surface area (Å²) in [5.41, 5.74) is 5.37. The van der Waals surface area contributed by atoms with Crippen LogP contribution < -0.4 is 10.6 Å². The van der Waals surface area contributed by atoms with Crippen molar-refractivity contribution in [2.24, 2.45) is 17.6 Å². The van der Waals surface area contributed by atoms with E-state index >= 15 is 0 Å². The monoisotopic (exact) mass is 508 g/mol. The van der Waals surface area contributed by atoms with Crippen molar-refractivity contribution in [2.75, 3.05) is 43.4 Å². The summed E-state index contributed by atoms with van der Waals surface area (Å²) in [5, 5.41) is 0.791. The zero-order chi connectivity index (χ0) is 24.2. The molecule has 11 heteroatoms. The molecule has 4 rings (SSSR count). The number of hydrogen-bond acceptors (Lipinski definition) is 7. The van der Waals surface area contributed by atoms with Crippen molar-refractivity contribution in [3.8, 4) is 0 Å². The average molecular weight is 509 g/mol. The van der Waals surface area contributed by atoms with Gasteiger partial charge in [0.1, 0.15) is 11.0 Å².